The molecule has 240 valence electrons. The third kappa shape index (κ3) is 4.54. The molecule has 0 aromatic heterocycles. The van der Waals surface area contributed by atoms with Crippen molar-refractivity contribution in [1.29, 1.82) is 0 Å². The number of carbonyl (C=O) groups excluding carboxylic acids is 4. The predicted molar refractivity (Wildman–Crippen MR) is 147 cm³/mol. The number of ether oxygens (including phenoxy) is 5. The second-order valence-corrected chi connectivity index (χ2v) is 13.7. The first-order valence-electron chi connectivity index (χ1n) is 15.2. The van der Waals surface area contributed by atoms with Crippen molar-refractivity contribution in [1.82, 2.24) is 0 Å². The van der Waals surface area contributed by atoms with Gasteiger partial charge in [0.15, 0.2) is 17.5 Å². The minimum absolute atomic E-state index is 0.131. The monoisotopic (exact) mass is 608 g/mol. The maximum Gasteiger partial charge on any atom is 0.508 e. The molecule has 1 aliphatic heterocycles. The molecule has 0 amide bonds. The summed E-state index contributed by atoms with van der Waals surface area (Å²) in [6.45, 7) is 7.27. The van der Waals surface area contributed by atoms with E-state index in [2.05, 4.69) is 0 Å². The maximum atomic E-state index is 14.9. The highest BCUT2D eigenvalue weighted by atomic mass is 16.8. The molecule has 3 N–H and O–H groups in total. The van der Waals surface area contributed by atoms with E-state index in [1.165, 1.54) is 6.92 Å². The van der Waals surface area contributed by atoms with E-state index in [0.29, 0.717) is 18.4 Å². The molecular formula is C31H44O12. The standard InChI is InChI=1S/C31H44O12/c1-15-18(33)13-31(38)25(42-26(36)17-10-8-7-9-11-17)23-29(5,24(35)22(41-16(2)32)21(15)28(31,3)4)19(34)12-20-30(23,14-40-20)43-27(37)39-6/h17-20,22-23,25,33-34,38H,7-14H2,1-6H3/t18-,19-,20+,22+,23?,25-,29+,30-,31+/m0/s1. The van der Waals surface area contributed by atoms with Crippen LogP contribution in [0, 0.1) is 22.7 Å². The quantitative estimate of drug-likeness (QED) is 0.241. The third-order valence-corrected chi connectivity index (χ3v) is 11.3. The van der Waals surface area contributed by atoms with E-state index in [9.17, 15) is 34.5 Å². The van der Waals surface area contributed by atoms with Crippen LogP contribution in [0.5, 0.6) is 0 Å². The number of carbonyl (C=O) groups is 4. The Morgan fingerprint density at radius 1 is 1.02 bits per heavy atom. The highest BCUT2D eigenvalue weighted by molar-refractivity contribution is 5.95. The number of methoxy groups -OCH3 is 1. The molecule has 2 bridgehead atoms. The van der Waals surface area contributed by atoms with Crippen LogP contribution in [0.4, 0.5) is 4.79 Å². The molecule has 12 nitrogen and oxygen atoms in total. The normalized spacial score (nSPS) is 42.3. The molecule has 1 unspecified atom stereocenters. The van der Waals surface area contributed by atoms with Gasteiger partial charge in [-0.2, -0.15) is 0 Å². The largest absolute Gasteiger partial charge is 0.508 e. The van der Waals surface area contributed by atoms with Gasteiger partial charge in [-0.05, 0) is 37.8 Å². The van der Waals surface area contributed by atoms with Gasteiger partial charge in [0.05, 0.1) is 43.2 Å². The predicted octanol–water partition coefficient (Wildman–Crippen LogP) is 2.14. The van der Waals surface area contributed by atoms with Crippen LogP contribution >= 0.6 is 0 Å². The molecule has 0 radical (unpaired) electrons. The Balaban J connectivity index is 1.80. The summed E-state index contributed by atoms with van der Waals surface area (Å²) in [6, 6.07) is 0. The lowest BCUT2D eigenvalue weighted by Crippen LogP contribution is -2.82. The van der Waals surface area contributed by atoms with Gasteiger partial charge in [0, 0.05) is 25.2 Å². The van der Waals surface area contributed by atoms with Crippen LogP contribution in [0.1, 0.15) is 79.6 Å². The summed E-state index contributed by atoms with van der Waals surface area (Å²) in [5.41, 5.74) is -6.54. The Labute approximate surface area is 251 Å². The minimum Gasteiger partial charge on any atom is -0.459 e. The van der Waals surface area contributed by atoms with Crippen molar-refractivity contribution in [3.8, 4) is 0 Å². The number of fused-ring (bicyclic) bond motifs is 5. The Morgan fingerprint density at radius 2 is 1.67 bits per heavy atom. The van der Waals surface area contributed by atoms with Gasteiger partial charge in [-0.3, -0.25) is 14.4 Å². The van der Waals surface area contributed by atoms with Gasteiger partial charge in [0.2, 0.25) is 0 Å². The summed E-state index contributed by atoms with van der Waals surface area (Å²) in [4.78, 5) is 53.9. The van der Waals surface area contributed by atoms with Crippen LogP contribution in [0.25, 0.3) is 0 Å². The summed E-state index contributed by atoms with van der Waals surface area (Å²) < 4.78 is 28.5. The second kappa shape index (κ2) is 10.8. The van der Waals surface area contributed by atoms with Crippen molar-refractivity contribution >= 4 is 23.9 Å². The summed E-state index contributed by atoms with van der Waals surface area (Å²) in [5.74, 6) is -3.92. The molecule has 0 spiro atoms. The van der Waals surface area contributed by atoms with E-state index in [0.717, 1.165) is 33.3 Å². The maximum absolute atomic E-state index is 14.9. The molecule has 9 atom stereocenters. The van der Waals surface area contributed by atoms with Gasteiger partial charge in [-0.1, -0.05) is 33.1 Å². The van der Waals surface area contributed by atoms with Crippen LogP contribution < -0.4 is 0 Å². The van der Waals surface area contributed by atoms with Crippen molar-refractivity contribution in [2.24, 2.45) is 22.7 Å². The lowest BCUT2D eigenvalue weighted by molar-refractivity contribution is -0.346. The molecule has 3 saturated carbocycles. The molecule has 5 aliphatic rings. The Hall–Kier alpha value is -2.54. The van der Waals surface area contributed by atoms with Gasteiger partial charge in [0.25, 0.3) is 0 Å². The molecule has 5 rings (SSSR count). The number of ketones is 1. The van der Waals surface area contributed by atoms with Gasteiger partial charge in [-0.15, -0.1) is 0 Å². The number of aliphatic hydroxyl groups is 3. The van der Waals surface area contributed by atoms with E-state index in [-0.39, 0.29) is 25.0 Å². The van der Waals surface area contributed by atoms with Gasteiger partial charge >= 0.3 is 18.1 Å². The summed E-state index contributed by atoms with van der Waals surface area (Å²) >= 11 is 0. The number of Topliss-reactive ketones (excluding diaryl/α,β-unsaturated/α-hetero) is 1. The third-order valence-electron chi connectivity index (χ3n) is 11.3. The summed E-state index contributed by atoms with van der Waals surface area (Å²) in [6.07, 6.45) is -4.50. The molecule has 1 saturated heterocycles. The van der Waals surface area contributed by atoms with E-state index in [1.54, 1.807) is 20.8 Å². The first-order valence-corrected chi connectivity index (χ1v) is 15.2. The first-order chi connectivity index (χ1) is 20.1. The zero-order chi connectivity index (χ0) is 31.7. The fourth-order valence-electron chi connectivity index (χ4n) is 8.64. The van der Waals surface area contributed by atoms with Crippen molar-refractivity contribution in [3.63, 3.8) is 0 Å². The zero-order valence-corrected chi connectivity index (χ0v) is 25.7. The van der Waals surface area contributed by atoms with E-state index < -0.39 is 88.3 Å². The second-order valence-electron chi connectivity index (χ2n) is 13.7. The lowest BCUT2D eigenvalue weighted by atomic mass is 9.44. The van der Waals surface area contributed by atoms with Crippen molar-refractivity contribution in [3.05, 3.63) is 11.1 Å². The molecule has 0 aromatic rings. The minimum atomic E-state index is -2.08. The average molecular weight is 609 g/mol. The number of hydrogen-bond acceptors (Lipinski definition) is 12. The van der Waals surface area contributed by atoms with Crippen LogP contribution in [-0.4, -0.2) is 94.6 Å². The van der Waals surface area contributed by atoms with Crippen LogP contribution in [0.15, 0.2) is 11.1 Å². The van der Waals surface area contributed by atoms with Crippen LogP contribution in [0.3, 0.4) is 0 Å². The molecule has 43 heavy (non-hydrogen) atoms. The Kier molecular flexibility index (Phi) is 8.02. The van der Waals surface area contributed by atoms with Gasteiger partial charge < -0.3 is 39.0 Å². The van der Waals surface area contributed by atoms with Gasteiger partial charge in [0.1, 0.15) is 17.8 Å². The number of aliphatic hydroxyl groups excluding tert-OH is 2. The number of esters is 2. The highest BCUT2D eigenvalue weighted by Gasteiger charge is 2.78. The summed E-state index contributed by atoms with van der Waals surface area (Å²) in [5, 5.41) is 36.0. The average Bonchev–Trinajstić information content (AvgIpc) is 2.95. The van der Waals surface area contributed by atoms with E-state index in [4.69, 9.17) is 23.7 Å². The number of hydrogen-bond donors (Lipinski definition) is 3. The summed E-state index contributed by atoms with van der Waals surface area (Å²) in [7, 11) is 1.12. The zero-order valence-electron chi connectivity index (χ0n) is 25.7. The molecule has 4 aliphatic carbocycles. The smallest absolute Gasteiger partial charge is 0.459 e. The fourth-order valence-corrected chi connectivity index (χ4v) is 8.64. The molecule has 12 heteroatoms. The molecule has 0 aromatic carbocycles. The van der Waals surface area contributed by atoms with Crippen molar-refractivity contribution < 1.29 is 58.2 Å². The number of rotatable bonds is 4. The van der Waals surface area contributed by atoms with E-state index >= 15 is 0 Å². The fraction of sp³-hybridized carbons (Fsp3) is 0.806. The molecule has 4 fully saturated rings. The van der Waals surface area contributed by atoms with Gasteiger partial charge in [-0.25, -0.2) is 4.79 Å². The molecule has 1 heterocycles. The van der Waals surface area contributed by atoms with Crippen molar-refractivity contribution in [2.45, 2.75) is 121 Å². The lowest BCUT2D eigenvalue weighted by Gasteiger charge is -2.67. The highest BCUT2D eigenvalue weighted by Crippen LogP contribution is 2.64. The van der Waals surface area contributed by atoms with Crippen molar-refractivity contribution in [2.75, 3.05) is 13.7 Å². The Morgan fingerprint density at radius 3 is 2.23 bits per heavy atom. The van der Waals surface area contributed by atoms with E-state index in [1.807, 2.05) is 0 Å². The Bertz CT molecular complexity index is 1220. The van der Waals surface area contributed by atoms with Crippen LogP contribution in [-0.2, 0) is 38.1 Å². The first kappa shape index (κ1) is 31.9. The SMILES string of the molecule is COC(=O)O[C@@]12CO[C@@H]1C[C@H](O)[C@@]1(C)C(=O)[C@H](OC(C)=O)C3=C(C)[C@@H](O)C[C@@](O)([C@@H](OC(=O)C4CCCCC4)C12)C3(C)C. The van der Waals surface area contributed by atoms with Crippen LogP contribution in [0.2, 0.25) is 0 Å². The molecular weight excluding hydrogens is 564 g/mol. The topological polar surface area (TPSA) is 175 Å².